The average molecular weight is 369 g/mol. The third kappa shape index (κ3) is 4.10. The van der Waals surface area contributed by atoms with Gasteiger partial charge in [-0.05, 0) is 32.3 Å². The van der Waals surface area contributed by atoms with Crippen LogP contribution in [0, 0.1) is 19.8 Å². The lowest BCUT2D eigenvalue weighted by atomic mass is 9.94. The van der Waals surface area contributed by atoms with Gasteiger partial charge in [-0.3, -0.25) is 14.4 Å². The molecule has 2 aromatic rings. The van der Waals surface area contributed by atoms with Gasteiger partial charge >= 0.3 is 5.97 Å². The van der Waals surface area contributed by atoms with Gasteiger partial charge in [0.05, 0.1) is 11.5 Å². The summed E-state index contributed by atoms with van der Waals surface area (Å²) in [6, 6.07) is 7.65. The van der Waals surface area contributed by atoms with E-state index in [2.05, 4.69) is 5.32 Å². The van der Waals surface area contributed by atoms with E-state index in [0.29, 0.717) is 36.1 Å². The van der Waals surface area contributed by atoms with Crippen molar-refractivity contribution in [1.29, 1.82) is 0 Å². The summed E-state index contributed by atoms with van der Waals surface area (Å²) in [4.78, 5) is 36.2. The number of benzene rings is 1. The number of carboxylic acid groups (broad SMARTS) is 1. The predicted octanol–water partition coefficient (Wildman–Crippen LogP) is 3.09. The lowest BCUT2D eigenvalue weighted by molar-refractivity contribution is -0.141. The molecule has 27 heavy (non-hydrogen) atoms. The number of carboxylic acids is 1. The summed E-state index contributed by atoms with van der Waals surface area (Å²) < 4.78 is 5.62. The van der Waals surface area contributed by atoms with E-state index in [-0.39, 0.29) is 18.1 Å². The van der Waals surface area contributed by atoms with Crippen LogP contribution in [0.5, 0.6) is 0 Å². The van der Waals surface area contributed by atoms with E-state index in [0.717, 1.165) is 17.5 Å². The van der Waals surface area contributed by atoms with Crippen molar-refractivity contribution in [3.8, 4) is 0 Å². The van der Waals surface area contributed by atoms with E-state index in [9.17, 15) is 19.5 Å². The van der Waals surface area contributed by atoms with Crippen LogP contribution in [-0.4, -0.2) is 29.3 Å². The quantitative estimate of drug-likeness (QED) is 0.816. The first-order valence-corrected chi connectivity index (χ1v) is 9.08. The SMILES string of the molecule is Cc1cccc(CC(CNC(=O)c2oc3c(c2C)C(=O)CCC3)C(=O)O)c1. The van der Waals surface area contributed by atoms with Gasteiger partial charge in [0, 0.05) is 24.9 Å². The van der Waals surface area contributed by atoms with Crippen molar-refractivity contribution in [2.75, 3.05) is 6.54 Å². The highest BCUT2D eigenvalue weighted by Gasteiger charge is 2.29. The highest BCUT2D eigenvalue weighted by atomic mass is 16.4. The molecule has 142 valence electrons. The lowest BCUT2D eigenvalue weighted by Gasteiger charge is -2.13. The summed E-state index contributed by atoms with van der Waals surface area (Å²) in [6.45, 7) is 3.63. The maximum atomic E-state index is 12.5. The summed E-state index contributed by atoms with van der Waals surface area (Å²) in [7, 11) is 0. The largest absolute Gasteiger partial charge is 0.481 e. The Morgan fingerprint density at radius 3 is 2.70 bits per heavy atom. The zero-order valence-electron chi connectivity index (χ0n) is 15.5. The number of carbonyl (C=O) groups is 3. The van der Waals surface area contributed by atoms with E-state index in [4.69, 9.17) is 4.42 Å². The Bertz CT molecular complexity index is 896. The molecule has 1 unspecified atom stereocenters. The number of Topliss-reactive ketones (excluding diaryl/α,β-unsaturated/α-hetero) is 1. The van der Waals surface area contributed by atoms with Gasteiger partial charge in [-0.15, -0.1) is 0 Å². The molecule has 6 heteroatoms. The van der Waals surface area contributed by atoms with Gasteiger partial charge in [-0.1, -0.05) is 29.8 Å². The molecule has 6 nitrogen and oxygen atoms in total. The maximum Gasteiger partial charge on any atom is 0.308 e. The fourth-order valence-electron chi connectivity index (χ4n) is 3.53. The number of amides is 1. The molecular formula is C21H23NO5. The summed E-state index contributed by atoms with van der Waals surface area (Å²) in [5.74, 6) is -1.53. The van der Waals surface area contributed by atoms with Crippen LogP contribution in [0.1, 0.15) is 56.2 Å². The molecule has 0 aliphatic heterocycles. The van der Waals surface area contributed by atoms with Gasteiger partial charge in [-0.2, -0.15) is 0 Å². The zero-order valence-corrected chi connectivity index (χ0v) is 15.5. The molecule has 1 heterocycles. The van der Waals surface area contributed by atoms with E-state index in [1.54, 1.807) is 6.92 Å². The summed E-state index contributed by atoms with van der Waals surface area (Å²) in [6.07, 6.45) is 2.15. The highest BCUT2D eigenvalue weighted by molar-refractivity contribution is 6.03. The van der Waals surface area contributed by atoms with Crippen LogP contribution in [0.4, 0.5) is 0 Å². The molecule has 1 aromatic carbocycles. The predicted molar refractivity (Wildman–Crippen MR) is 99.1 cm³/mol. The summed E-state index contributed by atoms with van der Waals surface area (Å²) in [5, 5.41) is 12.1. The smallest absolute Gasteiger partial charge is 0.308 e. The average Bonchev–Trinajstić information content (AvgIpc) is 2.96. The maximum absolute atomic E-state index is 12.5. The Kier molecular flexibility index (Phi) is 5.44. The fourth-order valence-corrected chi connectivity index (χ4v) is 3.53. The third-order valence-electron chi connectivity index (χ3n) is 4.94. The number of fused-ring (bicyclic) bond motifs is 1. The third-order valence-corrected chi connectivity index (χ3v) is 4.94. The van der Waals surface area contributed by atoms with E-state index < -0.39 is 17.8 Å². The molecule has 2 N–H and O–H groups in total. The molecule has 0 bridgehead atoms. The molecule has 1 atom stereocenters. The molecule has 1 aromatic heterocycles. The zero-order chi connectivity index (χ0) is 19.6. The van der Waals surface area contributed by atoms with Crippen molar-refractivity contribution < 1.29 is 23.9 Å². The minimum Gasteiger partial charge on any atom is -0.481 e. The molecule has 1 aliphatic carbocycles. The second-order valence-electron chi connectivity index (χ2n) is 7.07. The second-order valence-corrected chi connectivity index (χ2v) is 7.07. The van der Waals surface area contributed by atoms with Crippen LogP contribution in [0.15, 0.2) is 28.7 Å². The van der Waals surface area contributed by atoms with Crippen LogP contribution in [0.25, 0.3) is 0 Å². The molecule has 0 fully saturated rings. The molecule has 1 aliphatic rings. The van der Waals surface area contributed by atoms with Gasteiger partial charge in [0.2, 0.25) is 0 Å². The normalized spacial score (nSPS) is 14.5. The number of rotatable bonds is 6. The molecule has 3 rings (SSSR count). The number of hydrogen-bond donors (Lipinski definition) is 2. The van der Waals surface area contributed by atoms with Crippen LogP contribution in [-0.2, 0) is 17.6 Å². The Morgan fingerprint density at radius 1 is 1.26 bits per heavy atom. The number of nitrogens with one attached hydrogen (secondary N) is 1. The first-order chi connectivity index (χ1) is 12.9. The highest BCUT2D eigenvalue weighted by Crippen LogP contribution is 2.29. The van der Waals surface area contributed by atoms with E-state index in [1.807, 2.05) is 31.2 Å². The first kappa shape index (κ1) is 18.9. The molecule has 0 saturated heterocycles. The van der Waals surface area contributed by atoms with E-state index in [1.165, 1.54) is 0 Å². The van der Waals surface area contributed by atoms with Crippen molar-refractivity contribution in [3.63, 3.8) is 0 Å². The number of hydrogen-bond acceptors (Lipinski definition) is 4. The molecular weight excluding hydrogens is 346 g/mol. The topological polar surface area (TPSA) is 96.6 Å². The Balaban J connectivity index is 1.70. The Labute approximate surface area is 157 Å². The van der Waals surface area contributed by atoms with Crippen molar-refractivity contribution in [2.24, 2.45) is 5.92 Å². The summed E-state index contributed by atoms with van der Waals surface area (Å²) in [5.41, 5.74) is 3.02. The van der Waals surface area contributed by atoms with Crippen molar-refractivity contribution in [2.45, 2.75) is 39.5 Å². The fraction of sp³-hybridized carbons (Fsp3) is 0.381. The standard InChI is InChI=1S/C21H23NO5/c1-12-5-3-6-14(9-12)10-15(21(25)26)11-22-20(24)19-13(2)18-16(23)7-4-8-17(18)27-19/h3,5-6,9,15H,4,7-8,10-11H2,1-2H3,(H,22,24)(H,25,26). The number of ketones is 1. The van der Waals surface area contributed by atoms with Crippen molar-refractivity contribution >= 4 is 17.7 Å². The van der Waals surface area contributed by atoms with Crippen LogP contribution < -0.4 is 5.32 Å². The first-order valence-electron chi connectivity index (χ1n) is 9.08. The minimum atomic E-state index is -0.970. The van der Waals surface area contributed by atoms with E-state index >= 15 is 0 Å². The van der Waals surface area contributed by atoms with Crippen molar-refractivity contribution in [1.82, 2.24) is 5.32 Å². The van der Waals surface area contributed by atoms with Gasteiger partial charge in [0.1, 0.15) is 5.76 Å². The van der Waals surface area contributed by atoms with Gasteiger partial charge in [0.25, 0.3) is 5.91 Å². The summed E-state index contributed by atoms with van der Waals surface area (Å²) >= 11 is 0. The second kappa shape index (κ2) is 7.78. The Morgan fingerprint density at radius 2 is 2.04 bits per heavy atom. The number of aryl methyl sites for hydroxylation is 2. The van der Waals surface area contributed by atoms with Crippen LogP contribution >= 0.6 is 0 Å². The van der Waals surface area contributed by atoms with Crippen LogP contribution in [0.3, 0.4) is 0 Å². The number of aliphatic carboxylic acids is 1. The number of carbonyl (C=O) groups excluding carboxylic acids is 2. The number of furan rings is 1. The van der Waals surface area contributed by atoms with Crippen molar-refractivity contribution in [3.05, 3.63) is 58.0 Å². The monoisotopic (exact) mass is 369 g/mol. The van der Waals surface area contributed by atoms with Gasteiger partial charge in [0.15, 0.2) is 11.5 Å². The molecule has 1 amide bonds. The lowest BCUT2D eigenvalue weighted by Crippen LogP contribution is -2.34. The molecule has 0 saturated carbocycles. The Hall–Kier alpha value is -2.89. The van der Waals surface area contributed by atoms with Gasteiger partial charge < -0.3 is 14.8 Å². The van der Waals surface area contributed by atoms with Gasteiger partial charge in [-0.25, -0.2) is 0 Å². The molecule has 0 spiro atoms. The molecule has 0 radical (unpaired) electrons. The minimum absolute atomic E-state index is 0.000546. The van der Waals surface area contributed by atoms with Crippen LogP contribution in [0.2, 0.25) is 0 Å².